The van der Waals surface area contributed by atoms with Gasteiger partial charge >= 0.3 is 0 Å². The minimum absolute atomic E-state index is 0.306. The van der Waals surface area contributed by atoms with Gasteiger partial charge in [-0.1, -0.05) is 43.6 Å². The molecule has 0 heterocycles. The molecule has 1 nitrogen and oxygen atoms in total. The van der Waals surface area contributed by atoms with Crippen LogP contribution in [-0.2, 0) is 0 Å². The fourth-order valence-electron chi connectivity index (χ4n) is 2.47. The number of halogens is 2. The second-order valence-corrected chi connectivity index (χ2v) is 5.63. The van der Waals surface area contributed by atoms with E-state index in [1.807, 2.05) is 12.1 Å². The summed E-state index contributed by atoms with van der Waals surface area (Å²) in [5, 5.41) is 3.96. The van der Waals surface area contributed by atoms with Crippen molar-refractivity contribution in [3.05, 3.63) is 58.9 Å². The Morgan fingerprint density at radius 3 is 2.57 bits per heavy atom. The second kappa shape index (κ2) is 7.58. The van der Waals surface area contributed by atoms with Crippen molar-refractivity contribution < 1.29 is 4.39 Å². The predicted octanol–water partition coefficient (Wildman–Crippen LogP) is 5.60. The lowest BCUT2D eigenvalue weighted by molar-refractivity contribution is 0.518. The topological polar surface area (TPSA) is 12.0 Å². The van der Waals surface area contributed by atoms with E-state index in [1.165, 1.54) is 17.7 Å². The van der Waals surface area contributed by atoms with Crippen molar-refractivity contribution in [3.63, 3.8) is 0 Å². The molecule has 1 atom stereocenters. The van der Waals surface area contributed by atoms with Gasteiger partial charge in [-0.05, 0) is 60.3 Å². The molecule has 3 heteroatoms. The maximum atomic E-state index is 13.5. The summed E-state index contributed by atoms with van der Waals surface area (Å²) in [4.78, 5) is 0. The fourth-order valence-corrected chi connectivity index (χ4v) is 2.69. The summed E-state index contributed by atoms with van der Waals surface area (Å²) in [5.74, 6) is -0.306. The molecule has 2 rings (SSSR count). The highest BCUT2D eigenvalue weighted by atomic mass is 35.5. The van der Waals surface area contributed by atoms with Gasteiger partial charge in [0.1, 0.15) is 5.82 Å². The smallest absolute Gasteiger partial charge is 0.125 e. The van der Waals surface area contributed by atoms with E-state index in [1.54, 1.807) is 6.07 Å². The van der Waals surface area contributed by atoms with Crippen LogP contribution in [0.3, 0.4) is 0 Å². The highest BCUT2D eigenvalue weighted by Crippen LogP contribution is 2.27. The van der Waals surface area contributed by atoms with Crippen molar-refractivity contribution in [1.82, 2.24) is 5.32 Å². The Bertz CT molecular complexity index is 577. The van der Waals surface area contributed by atoms with Crippen molar-refractivity contribution in [1.29, 1.82) is 0 Å². The zero-order chi connectivity index (χ0) is 15.2. The fraction of sp³-hybridized carbons (Fsp3) is 0.333. The van der Waals surface area contributed by atoms with Gasteiger partial charge in [0.25, 0.3) is 0 Å². The highest BCUT2D eigenvalue weighted by molar-refractivity contribution is 6.30. The van der Waals surface area contributed by atoms with Gasteiger partial charge in [-0.25, -0.2) is 4.39 Å². The zero-order valence-corrected chi connectivity index (χ0v) is 13.3. The molecule has 1 unspecified atom stereocenters. The summed E-state index contributed by atoms with van der Waals surface area (Å²) in [6.07, 6.45) is 2.13. The van der Waals surface area contributed by atoms with Gasteiger partial charge in [0.05, 0.1) is 0 Å². The van der Waals surface area contributed by atoms with E-state index in [0.29, 0.717) is 11.1 Å². The molecule has 0 amide bonds. The summed E-state index contributed by atoms with van der Waals surface area (Å²) in [5.41, 5.74) is 3.03. The number of hydrogen-bond acceptors (Lipinski definition) is 1. The van der Waals surface area contributed by atoms with Crippen LogP contribution in [0, 0.1) is 5.82 Å². The Kier molecular flexibility index (Phi) is 5.77. The molecule has 112 valence electrons. The Labute approximate surface area is 131 Å². The zero-order valence-electron chi connectivity index (χ0n) is 12.5. The molecule has 0 bridgehead atoms. The Hall–Kier alpha value is -1.38. The maximum Gasteiger partial charge on any atom is 0.125 e. The highest BCUT2D eigenvalue weighted by Gasteiger charge is 2.10. The summed E-state index contributed by atoms with van der Waals surface area (Å²) in [6.45, 7) is 5.32. The normalized spacial score (nSPS) is 12.4. The molecule has 0 aromatic heterocycles. The first-order valence-corrected chi connectivity index (χ1v) is 7.81. The first-order valence-electron chi connectivity index (χ1n) is 7.43. The van der Waals surface area contributed by atoms with Crippen LogP contribution >= 0.6 is 11.6 Å². The molecule has 21 heavy (non-hydrogen) atoms. The monoisotopic (exact) mass is 305 g/mol. The van der Waals surface area contributed by atoms with Crippen molar-refractivity contribution in [3.8, 4) is 11.1 Å². The number of rotatable bonds is 6. The van der Waals surface area contributed by atoms with Gasteiger partial charge < -0.3 is 5.32 Å². The summed E-state index contributed by atoms with van der Waals surface area (Å²) >= 11 is 5.95. The number of hydrogen-bond donors (Lipinski definition) is 1. The SMILES string of the molecule is CCCNC(CC)c1cccc(-c2cc(F)cc(Cl)c2)c1. The molecule has 1 N–H and O–H groups in total. The van der Waals surface area contributed by atoms with Crippen LogP contribution < -0.4 is 5.32 Å². The quantitative estimate of drug-likeness (QED) is 0.733. The van der Waals surface area contributed by atoms with Crippen molar-refractivity contribution in [2.45, 2.75) is 32.7 Å². The third kappa shape index (κ3) is 4.29. The average Bonchev–Trinajstić information content (AvgIpc) is 2.47. The van der Waals surface area contributed by atoms with E-state index < -0.39 is 0 Å². The largest absolute Gasteiger partial charge is 0.310 e. The van der Waals surface area contributed by atoms with Crippen molar-refractivity contribution in [2.24, 2.45) is 0 Å². The van der Waals surface area contributed by atoms with Crippen LogP contribution in [0.5, 0.6) is 0 Å². The van der Waals surface area contributed by atoms with Gasteiger partial charge in [0, 0.05) is 11.1 Å². The molecule has 0 saturated heterocycles. The summed E-state index contributed by atoms with van der Waals surface area (Å²) in [7, 11) is 0. The molecule has 2 aromatic rings. The molecule has 0 radical (unpaired) electrons. The van der Waals surface area contributed by atoms with Gasteiger partial charge in [0.2, 0.25) is 0 Å². The maximum absolute atomic E-state index is 13.5. The van der Waals surface area contributed by atoms with E-state index in [-0.39, 0.29) is 5.82 Å². The molecule has 0 aliphatic carbocycles. The van der Waals surface area contributed by atoms with Gasteiger partial charge in [-0.2, -0.15) is 0 Å². The van der Waals surface area contributed by atoms with E-state index in [0.717, 1.165) is 30.5 Å². The summed E-state index contributed by atoms with van der Waals surface area (Å²) in [6, 6.07) is 13.2. The van der Waals surface area contributed by atoms with E-state index in [2.05, 4.69) is 31.3 Å². The van der Waals surface area contributed by atoms with Crippen molar-refractivity contribution in [2.75, 3.05) is 6.54 Å². The number of benzene rings is 2. The van der Waals surface area contributed by atoms with Gasteiger partial charge in [0.15, 0.2) is 0 Å². The van der Waals surface area contributed by atoms with Crippen LogP contribution in [0.25, 0.3) is 11.1 Å². The average molecular weight is 306 g/mol. The summed E-state index contributed by atoms with van der Waals surface area (Å²) < 4.78 is 13.5. The molecule has 2 aromatic carbocycles. The molecule has 0 spiro atoms. The Balaban J connectivity index is 2.32. The molecular formula is C18H21ClFN. The van der Waals surface area contributed by atoms with Crippen LogP contribution in [0.4, 0.5) is 4.39 Å². The third-order valence-corrected chi connectivity index (χ3v) is 3.75. The lowest BCUT2D eigenvalue weighted by Crippen LogP contribution is -2.21. The lowest BCUT2D eigenvalue weighted by atomic mass is 9.98. The van der Waals surface area contributed by atoms with Gasteiger partial charge in [-0.15, -0.1) is 0 Å². The molecule has 0 fully saturated rings. The molecule has 0 aliphatic heterocycles. The molecular weight excluding hydrogens is 285 g/mol. The Morgan fingerprint density at radius 1 is 1.10 bits per heavy atom. The van der Waals surface area contributed by atoms with Crippen LogP contribution in [0.15, 0.2) is 42.5 Å². The predicted molar refractivity (Wildman–Crippen MR) is 88.2 cm³/mol. The second-order valence-electron chi connectivity index (χ2n) is 5.20. The van der Waals surface area contributed by atoms with E-state index in [9.17, 15) is 4.39 Å². The minimum atomic E-state index is -0.306. The standard InChI is InChI=1S/C18H21ClFN/c1-3-8-21-18(4-2)14-7-5-6-13(9-14)15-10-16(19)12-17(20)11-15/h5-7,9-12,18,21H,3-4,8H2,1-2H3. The third-order valence-electron chi connectivity index (χ3n) is 3.53. The van der Waals surface area contributed by atoms with Crippen LogP contribution in [0.1, 0.15) is 38.3 Å². The van der Waals surface area contributed by atoms with Gasteiger partial charge in [-0.3, -0.25) is 0 Å². The van der Waals surface area contributed by atoms with Crippen LogP contribution in [0.2, 0.25) is 5.02 Å². The first-order chi connectivity index (χ1) is 10.1. The van der Waals surface area contributed by atoms with E-state index >= 15 is 0 Å². The molecule has 0 aliphatic rings. The van der Waals surface area contributed by atoms with Crippen molar-refractivity contribution >= 4 is 11.6 Å². The van der Waals surface area contributed by atoms with E-state index in [4.69, 9.17) is 11.6 Å². The van der Waals surface area contributed by atoms with Crippen LogP contribution in [-0.4, -0.2) is 6.54 Å². The Morgan fingerprint density at radius 2 is 1.90 bits per heavy atom. The first kappa shape index (κ1) is 16.0. The lowest BCUT2D eigenvalue weighted by Gasteiger charge is -2.18. The minimum Gasteiger partial charge on any atom is -0.310 e. The molecule has 0 saturated carbocycles. The number of nitrogens with one attached hydrogen (secondary N) is 1.